The maximum absolute atomic E-state index is 12.9. The van der Waals surface area contributed by atoms with Crippen molar-refractivity contribution in [3.63, 3.8) is 0 Å². The first-order valence-electron chi connectivity index (χ1n) is 11.6. The lowest BCUT2D eigenvalue weighted by Gasteiger charge is -2.25. The number of benzene rings is 2. The van der Waals surface area contributed by atoms with E-state index in [1.165, 1.54) is 4.90 Å². The number of hydrogen-bond acceptors (Lipinski definition) is 5. The summed E-state index contributed by atoms with van der Waals surface area (Å²) in [5.41, 5.74) is 1.41. The van der Waals surface area contributed by atoms with Crippen LogP contribution in [-0.4, -0.2) is 35.1 Å². The lowest BCUT2D eigenvalue weighted by atomic mass is 9.85. The summed E-state index contributed by atoms with van der Waals surface area (Å²) in [5, 5.41) is 0. The van der Waals surface area contributed by atoms with Gasteiger partial charge in [0.05, 0.1) is 29.5 Å². The molecule has 0 unspecified atom stereocenters. The van der Waals surface area contributed by atoms with Gasteiger partial charge >= 0.3 is 5.97 Å². The quantitative estimate of drug-likeness (QED) is 0.296. The van der Waals surface area contributed by atoms with Gasteiger partial charge in [0.25, 0.3) is 0 Å². The lowest BCUT2D eigenvalue weighted by molar-refractivity contribution is -0.139. The van der Waals surface area contributed by atoms with E-state index in [1.807, 2.05) is 49.4 Å². The lowest BCUT2D eigenvalue weighted by Crippen LogP contribution is -2.31. The molecule has 0 saturated carbocycles. The maximum Gasteiger partial charge on any atom is 0.316 e. The number of carbonyl (C=O) groups is 4. The molecular formula is C27H26N2O5. The standard InChI is InChI=1S/C27H26N2O5/c1-17(18-8-3-2-4-9-18)28-16-19(14-24(28)30)27(33)34-21-11-7-10-20(15-21)29-25(31)22-12-5-6-13-23(22)26(29)32/h2-11,15,17,19,22-23H,12-14,16H2,1H3/t17-,19-,22+,23+/m1/s1. The second-order valence-corrected chi connectivity index (χ2v) is 9.12. The number of rotatable bonds is 5. The molecule has 3 aliphatic rings. The van der Waals surface area contributed by atoms with Crippen LogP contribution in [0.5, 0.6) is 5.75 Å². The number of esters is 1. The molecular weight excluding hydrogens is 432 g/mol. The molecule has 0 spiro atoms. The molecule has 4 atom stereocenters. The second-order valence-electron chi connectivity index (χ2n) is 9.12. The van der Waals surface area contributed by atoms with Gasteiger partial charge < -0.3 is 9.64 Å². The van der Waals surface area contributed by atoms with E-state index in [0.29, 0.717) is 18.5 Å². The highest BCUT2D eigenvalue weighted by atomic mass is 16.5. The summed E-state index contributed by atoms with van der Waals surface area (Å²) in [6, 6.07) is 16.0. The topological polar surface area (TPSA) is 84.0 Å². The van der Waals surface area contributed by atoms with Gasteiger partial charge in [-0.2, -0.15) is 0 Å². The zero-order chi connectivity index (χ0) is 23.8. The molecule has 0 N–H and O–H groups in total. The summed E-state index contributed by atoms with van der Waals surface area (Å²) in [7, 11) is 0. The summed E-state index contributed by atoms with van der Waals surface area (Å²) < 4.78 is 5.59. The van der Waals surface area contributed by atoms with E-state index >= 15 is 0 Å². The van der Waals surface area contributed by atoms with Crippen molar-refractivity contribution in [1.82, 2.24) is 4.90 Å². The van der Waals surface area contributed by atoms with Gasteiger partial charge in [-0.05, 0) is 37.5 Å². The van der Waals surface area contributed by atoms with Crippen LogP contribution in [0.1, 0.15) is 37.8 Å². The van der Waals surface area contributed by atoms with Crippen molar-refractivity contribution in [2.75, 3.05) is 11.4 Å². The Morgan fingerprint density at radius 3 is 2.29 bits per heavy atom. The Morgan fingerprint density at radius 2 is 1.62 bits per heavy atom. The number of likely N-dealkylation sites (tertiary alicyclic amines) is 1. The first kappa shape index (κ1) is 22.1. The highest BCUT2D eigenvalue weighted by molar-refractivity contribution is 6.22. The molecule has 2 saturated heterocycles. The van der Waals surface area contributed by atoms with Crippen molar-refractivity contribution < 1.29 is 23.9 Å². The van der Waals surface area contributed by atoms with Crippen LogP contribution < -0.4 is 9.64 Å². The van der Waals surface area contributed by atoms with Crippen molar-refractivity contribution in [3.8, 4) is 5.75 Å². The van der Waals surface area contributed by atoms with E-state index in [2.05, 4.69) is 0 Å². The highest BCUT2D eigenvalue weighted by Gasteiger charge is 2.48. The van der Waals surface area contributed by atoms with Crippen molar-refractivity contribution in [2.24, 2.45) is 17.8 Å². The number of fused-ring (bicyclic) bond motifs is 1. The van der Waals surface area contributed by atoms with Crippen molar-refractivity contribution in [2.45, 2.75) is 32.2 Å². The van der Waals surface area contributed by atoms with Crippen LogP contribution in [0.2, 0.25) is 0 Å². The molecule has 3 amide bonds. The monoisotopic (exact) mass is 458 g/mol. The Morgan fingerprint density at radius 1 is 0.941 bits per heavy atom. The third-order valence-electron chi connectivity index (χ3n) is 7.04. The molecule has 7 nitrogen and oxygen atoms in total. The van der Waals surface area contributed by atoms with E-state index in [9.17, 15) is 19.2 Å². The van der Waals surface area contributed by atoms with Crippen LogP contribution in [0.15, 0.2) is 66.7 Å². The normalized spacial score (nSPS) is 25.0. The van der Waals surface area contributed by atoms with Gasteiger partial charge in [-0.3, -0.25) is 19.2 Å². The molecule has 7 heteroatoms. The summed E-state index contributed by atoms with van der Waals surface area (Å²) in [6.45, 7) is 2.23. The molecule has 2 heterocycles. The fraction of sp³-hybridized carbons (Fsp3) is 0.333. The largest absolute Gasteiger partial charge is 0.426 e. The number of allylic oxidation sites excluding steroid dienone is 2. The van der Waals surface area contributed by atoms with Gasteiger partial charge in [-0.1, -0.05) is 48.6 Å². The molecule has 1 aliphatic carbocycles. The van der Waals surface area contributed by atoms with Gasteiger partial charge in [0.1, 0.15) is 5.75 Å². The van der Waals surface area contributed by atoms with Crippen molar-refractivity contribution >= 4 is 29.4 Å². The maximum atomic E-state index is 12.9. The molecule has 2 fully saturated rings. The number of hydrogen-bond donors (Lipinski definition) is 0. The third-order valence-corrected chi connectivity index (χ3v) is 7.04. The smallest absolute Gasteiger partial charge is 0.316 e. The SMILES string of the molecule is C[C@H](c1ccccc1)N1C[C@H](C(=O)Oc2cccc(N3C(=O)[C@H]4CC=CC[C@@H]4C3=O)c2)CC1=O. The Bertz CT molecular complexity index is 1150. The minimum absolute atomic E-state index is 0.0865. The number of imide groups is 1. The average molecular weight is 459 g/mol. The van der Waals surface area contributed by atoms with E-state index in [1.54, 1.807) is 29.2 Å². The molecule has 0 aromatic heterocycles. The predicted molar refractivity (Wildman–Crippen MR) is 125 cm³/mol. The molecule has 5 rings (SSSR count). The minimum atomic E-state index is -0.577. The average Bonchev–Trinajstić information content (AvgIpc) is 3.37. The van der Waals surface area contributed by atoms with E-state index in [-0.39, 0.29) is 54.3 Å². The van der Waals surface area contributed by atoms with Crippen LogP contribution in [-0.2, 0) is 19.2 Å². The molecule has 34 heavy (non-hydrogen) atoms. The van der Waals surface area contributed by atoms with Crippen LogP contribution in [0.4, 0.5) is 5.69 Å². The Kier molecular flexibility index (Phi) is 5.77. The minimum Gasteiger partial charge on any atom is -0.426 e. The Balaban J connectivity index is 1.27. The molecule has 0 radical (unpaired) electrons. The number of nitrogens with zero attached hydrogens (tertiary/aromatic N) is 2. The number of ether oxygens (including phenoxy) is 1. The highest BCUT2D eigenvalue weighted by Crippen LogP contribution is 2.38. The van der Waals surface area contributed by atoms with Gasteiger partial charge in [-0.15, -0.1) is 0 Å². The second kappa shape index (κ2) is 8.89. The van der Waals surface area contributed by atoms with Crippen LogP contribution in [0.3, 0.4) is 0 Å². The summed E-state index contributed by atoms with van der Waals surface area (Å²) in [5.74, 6) is -1.99. The predicted octanol–water partition coefficient (Wildman–Crippen LogP) is 3.66. The molecule has 174 valence electrons. The van der Waals surface area contributed by atoms with Gasteiger partial charge in [0.15, 0.2) is 0 Å². The first-order valence-corrected chi connectivity index (χ1v) is 11.6. The number of amides is 3. The number of anilines is 1. The fourth-order valence-corrected chi connectivity index (χ4v) is 5.12. The first-order chi connectivity index (χ1) is 16.4. The third kappa shape index (κ3) is 3.91. The summed E-state index contributed by atoms with van der Waals surface area (Å²) >= 11 is 0. The van der Waals surface area contributed by atoms with Crippen LogP contribution >= 0.6 is 0 Å². The van der Waals surface area contributed by atoms with Gasteiger partial charge in [-0.25, -0.2) is 4.90 Å². The molecule has 2 aromatic carbocycles. The van der Waals surface area contributed by atoms with E-state index in [0.717, 1.165) is 5.56 Å². The van der Waals surface area contributed by atoms with Gasteiger partial charge in [0.2, 0.25) is 17.7 Å². The summed E-state index contributed by atoms with van der Waals surface area (Å²) in [4.78, 5) is 54.1. The van der Waals surface area contributed by atoms with Crippen LogP contribution in [0.25, 0.3) is 0 Å². The Hall–Kier alpha value is -3.74. The van der Waals surface area contributed by atoms with E-state index in [4.69, 9.17) is 4.74 Å². The summed E-state index contributed by atoms with van der Waals surface area (Å²) in [6.07, 6.45) is 5.11. The van der Waals surface area contributed by atoms with Crippen molar-refractivity contribution in [1.29, 1.82) is 0 Å². The Labute approximate surface area is 198 Å². The molecule has 2 aromatic rings. The molecule has 0 bridgehead atoms. The zero-order valence-electron chi connectivity index (χ0n) is 18.9. The molecule has 2 aliphatic heterocycles. The van der Waals surface area contributed by atoms with Crippen molar-refractivity contribution in [3.05, 3.63) is 72.3 Å². The fourth-order valence-electron chi connectivity index (χ4n) is 5.12. The van der Waals surface area contributed by atoms with E-state index < -0.39 is 11.9 Å². The van der Waals surface area contributed by atoms with Crippen LogP contribution in [0, 0.1) is 17.8 Å². The van der Waals surface area contributed by atoms with Gasteiger partial charge in [0, 0.05) is 19.0 Å². The zero-order valence-corrected chi connectivity index (χ0v) is 18.9. The number of carbonyl (C=O) groups excluding carboxylic acids is 4.